The highest BCUT2D eigenvalue weighted by molar-refractivity contribution is 6.16. The third-order valence-corrected chi connectivity index (χ3v) is 4.45. The van der Waals surface area contributed by atoms with Gasteiger partial charge in [0.05, 0.1) is 5.69 Å². The Labute approximate surface area is 150 Å². The summed E-state index contributed by atoms with van der Waals surface area (Å²) in [7, 11) is 0. The minimum Gasteiger partial charge on any atom is -0.476 e. The van der Waals surface area contributed by atoms with Gasteiger partial charge in [-0.15, -0.1) is 9.74 Å². The summed E-state index contributed by atoms with van der Waals surface area (Å²) in [4.78, 5) is 15.5. The van der Waals surface area contributed by atoms with E-state index in [2.05, 4.69) is 16.5 Å². The van der Waals surface area contributed by atoms with Gasteiger partial charge in [-0.2, -0.15) is 4.99 Å². The summed E-state index contributed by atoms with van der Waals surface area (Å²) in [5, 5.41) is 22.6. The van der Waals surface area contributed by atoms with E-state index < -0.39 is 5.97 Å². The molecule has 2 aromatic rings. The van der Waals surface area contributed by atoms with Gasteiger partial charge < -0.3 is 10.4 Å². The van der Waals surface area contributed by atoms with Crippen LogP contribution in [0.2, 0.25) is 0 Å². The average Bonchev–Trinajstić information content (AvgIpc) is 3.07. The number of nitrogens with one attached hydrogen (secondary N) is 1. The fourth-order valence-corrected chi connectivity index (χ4v) is 3.24. The second kappa shape index (κ2) is 5.99. The van der Waals surface area contributed by atoms with Gasteiger partial charge in [-0.3, -0.25) is 0 Å². The molecule has 0 aromatic heterocycles. The zero-order chi connectivity index (χ0) is 18.1. The first-order valence-electron chi connectivity index (χ1n) is 8.09. The van der Waals surface area contributed by atoms with Crippen molar-refractivity contribution >= 4 is 29.3 Å². The molecule has 2 aromatic carbocycles. The molecule has 2 aliphatic heterocycles. The summed E-state index contributed by atoms with van der Waals surface area (Å²) in [6.45, 7) is 0.592. The van der Waals surface area contributed by atoms with E-state index in [4.69, 9.17) is 0 Å². The first-order chi connectivity index (χ1) is 12.6. The van der Waals surface area contributed by atoms with Crippen molar-refractivity contribution in [1.29, 1.82) is 5.26 Å². The molecule has 1 atom stereocenters. The molecule has 2 N–H and O–H groups in total. The Kier molecular flexibility index (Phi) is 3.64. The molecule has 2 aliphatic rings. The molecule has 126 valence electrons. The lowest BCUT2D eigenvalue weighted by atomic mass is 10.0. The highest BCUT2D eigenvalue weighted by Gasteiger charge is 2.47. The maximum atomic E-state index is 11.4. The number of nitrogens with zero attached hydrogens (tertiary/aromatic N) is 3. The van der Waals surface area contributed by atoms with Gasteiger partial charge in [0, 0.05) is 18.2 Å². The third-order valence-electron chi connectivity index (χ3n) is 4.45. The van der Waals surface area contributed by atoms with Crippen molar-refractivity contribution < 1.29 is 9.90 Å². The van der Waals surface area contributed by atoms with Crippen molar-refractivity contribution in [3.05, 3.63) is 77.6 Å². The molecule has 4 rings (SSSR count). The number of rotatable bonds is 4. The quantitative estimate of drug-likeness (QED) is 0.658. The van der Waals surface area contributed by atoms with Crippen LogP contribution in [0.1, 0.15) is 11.1 Å². The molecule has 6 nitrogen and oxygen atoms in total. The molecule has 0 amide bonds. The van der Waals surface area contributed by atoms with Crippen LogP contribution in [0.4, 0.5) is 11.4 Å². The number of para-hydroxylation sites is 1. The molecular formula is C20H15N4O2+. The van der Waals surface area contributed by atoms with Crippen molar-refractivity contribution in [2.75, 3.05) is 5.32 Å². The summed E-state index contributed by atoms with van der Waals surface area (Å²) in [5.74, 6) is -0.768. The molecule has 0 saturated heterocycles. The van der Waals surface area contributed by atoms with Crippen LogP contribution >= 0.6 is 0 Å². The van der Waals surface area contributed by atoms with Gasteiger partial charge in [-0.25, -0.2) is 4.79 Å². The van der Waals surface area contributed by atoms with Crippen LogP contribution in [0.5, 0.6) is 0 Å². The lowest BCUT2D eigenvalue weighted by molar-refractivity contribution is -0.132. The second-order valence-corrected chi connectivity index (χ2v) is 6.03. The second-order valence-electron chi connectivity index (χ2n) is 6.03. The molecule has 26 heavy (non-hydrogen) atoms. The topological polar surface area (TPSA) is 85.5 Å². The van der Waals surface area contributed by atoms with E-state index >= 15 is 0 Å². The Morgan fingerprint density at radius 2 is 1.96 bits per heavy atom. The number of benzene rings is 2. The Balaban J connectivity index is 1.80. The van der Waals surface area contributed by atoms with Crippen LogP contribution in [-0.2, 0) is 11.3 Å². The maximum Gasteiger partial charge on any atom is 0.360 e. The molecule has 0 aliphatic carbocycles. The number of quaternary nitrogens is 1. The minimum absolute atomic E-state index is 0.128. The molecule has 0 spiro atoms. The molecule has 0 saturated carbocycles. The van der Waals surface area contributed by atoms with Crippen molar-refractivity contribution in [1.82, 2.24) is 4.48 Å². The lowest BCUT2D eigenvalue weighted by Crippen LogP contribution is -2.44. The predicted octanol–water partition coefficient (Wildman–Crippen LogP) is 3.45. The molecular weight excluding hydrogens is 328 g/mol. The number of hydrogen-bond acceptors (Lipinski definition) is 4. The Hall–Kier alpha value is -3.69. The average molecular weight is 343 g/mol. The highest BCUT2D eigenvalue weighted by Crippen LogP contribution is 2.43. The van der Waals surface area contributed by atoms with Gasteiger partial charge in [0.25, 0.3) is 5.84 Å². The van der Waals surface area contributed by atoms with Gasteiger partial charge in [-0.1, -0.05) is 36.4 Å². The smallest absolute Gasteiger partial charge is 0.360 e. The van der Waals surface area contributed by atoms with Crippen molar-refractivity contribution in [2.45, 2.75) is 6.54 Å². The number of hydrogen-bond donors (Lipinski definition) is 2. The third kappa shape index (κ3) is 2.39. The van der Waals surface area contributed by atoms with E-state index in [0.29, 0.717) is 18.1 Å². The first-order valence-corrected chi connectivity index (χ1v) is 8.09. The summed E-state index contributed by atoms with van der Waals surface area (Å²) in [6, 6.07) is 15.6. The minimum atomic E-state index is -1.15. The van der Waals surface area contributed by atoms with Gasteiger partial charge in [0.1, 0.15) is 0 Å². The van der Waals surface area contributed by atoms with E-state index in [1.54, 1.807) is 6.08 Å². The number of aliphatic imine (C=N–C) groups is 1. The SMILES string of the molecule is N#C[N+]12C=C(C(=O)O)N=C1C=Cc1cccc(NCc3ccccc3)c12. The van der Waals surface area contributed by atoms with Crippen LogP contribution in [0, 0.1) is 11.5 Å². The fourth-order valence-electron chi connectivity index (χ4n) is 3.24. The monoisotopic (exact) mass is 343 g/mol. The number of carboxylic acid groups (broad SMARTS) is 1. The molecule has 1 unspecified atom stereocenters. The van der Waals surface area contributed by atoms with Gasteiger partial charge in [-0.05, 0) is 23.8 Å². The Morgan fingerprint density at radius 1 is 1.15 bits per heavy atom. The number of fused-ring (bicyclic) bond motifs is 3. The normalized spacial score (nSPS) is 19.7. The fraction of sp³-hybridized carbons (Fsp3) is 0.0500. The van der Waals surface area contributed by atoms with Gasteiger partial charge in [0.15, 0.2) is 11.9 Å². The van der Waals surface area contributed by atoms with Crippen LogP contribution in [0.3, 0.4) is 0 Å². The van der Waals surface area contributed by atoms with E-state index in [0.717, 1.165) is 16.8 Å². The van der Waals surface area contributed by atoms with Crippen LogP contribution < -0.4 is 9.80 Å². The summed E-state index contributed by atoms with van der Waals surface area (Å²) >= 11 is 0. The highest BCUT2D eigenvalue weighted by atomic mass is 16.4. The molecule has 0 fully saturated rings. The summed E-state index contributed by atoms with van der Waals surface area (Å²) < 4.78 is -0.370. The lowest BCUT2D eigenvalue weighted by Gasteiger charge is -2.27. The zero-order valence-corrected chi connectivity index (χ0v) is 13.8. The van der Waals surface area contributed by atoms with E-state index in [1.807, 2.05) is 54.6 Å². The zero-order valence-electron chi connectivity index (χ0n) is 13.8. The first kappa shape index (κ1) is 15.8. The molecule has 0 bridgehead atoms. The number of carbonyl (C=O) groups is 1. The van der Waals surface area contributed by atoms with E-state index in [9.17, 15) is 15.2 Å². The Morgan fingerprint density at radius 3 is 2.69 bits per heavy atom. The number of carboxylic acids is 1. The molecule has 0 radical (unpaired) electrons. The van der Waals surface area contributed by atoms with Gasteiger partial charge >= 0.3 is 12.2 Å². The number of nitriles is 1. The standard InChI is InChI=1S/C20H14N4O2/c21-13-24-12-17(20(25)26)23-18(24)10-9-15-7-4-8-16(19(15)24)22-11-14-5-2-1-3-6-14/h1-10,12,22H,11H2/p+1. The molecule has 2 heterocycles. The summed E-state index contributed by atoms with van der Waals surface area (Å²) in [6.07, 6.45) is 7.17. The van der Waals surface area contributed by atoms with Crippen molar-refractivity contribution in [2.24, 2.45) is 4.99 Å². The van der Waals surface area contributed by atoms with E-state index in [1.165, 1.54) is 6.20 Å². The van der Waals surface area contributed by atoms with Crippen LogP contribution in [-0.4, -0.2) is 16.9 Å². The maximum absolute atomic E-state index is 11.4. The van der Waals surface area contributed by atoms with Crippen LogP contribution in [0.25, 0.3) is 6.08 Å². The Bertz CT molecular complexity index is 1030. The van der Waals surface area contributed by atoms with Crippen LogP contribution in [0.15, 0.2) is 71.5 Å². The molecule has 6 heteroatoms. The predicted molar refractivity (Wildman–Crippen MR) is 99.8 cm³/mol. The van der Waals surface area contributed by atoms with Crippen molar-refractivity contribution in [3.63, 3.8) is 0 Å². The largest absolute Gasteiger partial charge is 0.476 e. The van der Waals surface area contributed by atoms with Crippen molar-refractivity contribution in [3.8, 4) is 6.19 Å². The van der Waals surface area contributed by atoms with E-state index in [-0.39, 0.29) is 10.2 Å². The number of amidine groups is 1. The van der Waals surface area contributed by atoms with Gasteiger partial charge in [0.2, 0.25) is 5.70 Å². The number of aliphatic carboxylic acids is 1. The number of anilines is 1. The summed E-state index contributed by atoms with van der Waals surface area (Å²) in [5.41, 5.74) is 3.29.